The maximum absolute atomic E-state index is 5.97. The number of aliphatic imine (C=N–C) groups is 1. The third-order valence-corrected chi connectivity index (χ3v) is 3.06. The number of aromatic nitrogens is 1. The Kier molecular flexibility index (Phi) is 8.91. The van der Waals surface area contributed by atoms with Gasteiger partial charge in [-0.2, -0.15) is 0 Å². The van der Waals surface area contributed by atoms with Crippen molar-refractivity contribution in [1.82, 2.24) is 15.8 Å². The predicted molar refractivity (Wildman–Crippen MR) is 99.9 cm³/mol. The molecule has 0 radical (unpaired) electrons. The smallest absolute Gasteiger partial charge is 0.191 e. The monoisotopic (exact) mass is 434 g/mol. The highest BCUT2D eigenvalue weighted by Crippen LogP contribution is 2.10. The van der Waals surface area contributed by atoms with Gasteiger partial charge in [-0.05, 0) is 31.0 Å². The zero-order chi connectivity index (χ0) is 14.9. The highest BCUT2D eigenvalue weighted by molar-refractivity contribution is 14.0. The molecule has 2 N–H and O–H groups in total. The van der Waals surface area contributed by atoms with E-state index in [-0.39, 0.29) is 24.0 Å². The van der Waals surface area contributed by atoms with Gasteiger partial charge in [0.2, 0.25) is 0 Å². The average molecular weight is 435 g/mol. The molecular formula is C15H20ClIN4O. The molecule has 1 heterocycles. The summed E-state index contributed by atoms with van der Waals surface area (Å²) in [6.45, 7) is 4.11. The van der Waals surface area contributed by atoms with Crippen molar-refractivity contribution in [2.45, 2.75) is 19.9 Å². The molecule has 0 aliphatic carbocycles. The van der Waals surface area contributed by atoms with Crippen molar-refractivity contribution >= 4 is 41.5 Å². The van der Waals surface area contributed by atoms with Crippen molar-refractivity contribution in [2.75, 3.05) is 13.1 Å². The first-order valence-electron chi connectivity index (χ1n) is 6.94. The van der Waals surface area contributed by atoms with Crippen LogP contribution in [0.25, 0.3) is 0 Å². The fourth-order valence-electron chi connectivity index (χ4n) is 1.84. The van der Waals surface area contributed by atoms with Gasteiger partial charge in [0.05, 0.1) is 6.54 Å². The first-order valence-corrected chi connectivity index (χ1v) is 7.31. The number of halogens is 2. The number of hydrogen-bond acceptors (Lipinski definition) is 3. The summed E-state index contributed by atoms with van der Waals surface area (Å²) in [6, 6.07) is 9.68. The van der Waals surface area contributed by atoms with Gasteiger partial charge in [-0.3, -0.25) is 0 Å². The summed E-state index contributed by atoms with van der Waals surface area (Å²) in [5, 5.41) is 11.1. The molecule has 2 rings (SSSR count). The molecule has 0 bridgehead atoms. The maximum atomic E-state index is 5.97. The van der Waals surface area contributed by atoms with Crippen molar-refractivity contribution in [1.29, 1.82) is 0 Å². The van der Waals surface area contributed by atoms with Crippen LogP contribution in [0, 0.1) is 0 Å². The molecule has 0 fully saturated rings. The maximum Gasteiger partial charge on any atom is 0.191 e. The van der Waals surface area contributed by atoms with Crippen LogP contribution >= 0.6 is 35.6 Å². The molecule has 0 amide bonds. The Morgan fingerprint density at radius 1 is 1.32 bits per heavy atom. The van der Waals surface area contributed by atoms with E-state index in [9.17, 15) is 0 Å². The molecule has 0 aliphatic rings. The van der Waals surface area contributed by atoms with Gasteiger partial charge in [-0.1, -0.05) is 28.9 Å². The molecule has 1 aromatic carbocycles. The van der Waals surface area contributed by atoms with E-state index in [1.165, 1.54) is 5.56 Å². The second-order valence-corrected chi connectivity index (χ2v) is 4.93. The van der Waals surface area contributed by atoms with Crippen LogP contribution in [-0.4, -0.2) is 24.2 Å². The number of hydrogen-bond donors (Lipinski definition) is 2. The largest absolute Gasteiger partial charge is 0.364 e. The molecule has 120 valence electrons. The summed E-state index contributed by atoms with van der Waals surface area (Å²) in [5.41, 5.74) is 2.00. The Morgan fingerprint density at radius 2 is 2.18 bits per heavy atom. The van der Waals surface area contributed by atoms with Crippen molar-refractivity contribution in [3.63, 3.8) is 0 Å². The van der Waals surface area contributed by atoms with Gasteiger partial charge in [0.15, 0.2) is 5.96 Å². The average Bonchev–Trinajstić information content (AvgIpc) is 2.98. The Balaban J connectivity index is 0.00000242. The Bertz CT molecular complexity index is 575. The third-order valence-electron chi connectivity index (χ3n) is 2.83. The van der Waals surface area contributed by atoms with Crippen LogP contribution in [0.3, 0.4) is 0 Å². The molecule has 2 aromatic rings. The van der Waals surface area contributed by atoms with Gasteiger partial charge in [-0.15, -0.1) is 24.0 Å². The normalized spacial score (nSPS) is 10.9. The molecule has 0 unspecified atom stereocenters. The second kappa shape index (κ2) is 10.4. The first-order chi connectivity index (χ1) is 10.3. The van der Waals surface area contributed by atoms with E-state index in [2.05, 4.69) is 26.8 Å². The van der Waals surface area contributed by atoms with Gasteiger partial charge >= 0.3 is 0 Å². The van der Waals surface area contributed by atoms with E-state index < -0.39 is 0 Å². The van der Waals surface area contributed by atoms with E-state index in [1.54, 1.807) is 12.3 Å². The highest BCUT2D eigenvalue weighted by Gasteiger charge is 2.00. The third kappa shape index (κ3) is 6.65. The van der Waals surface area contributed by atoms with Crippen molar-refractivity contribution < 1.29 is 4.52 Å². The minimum absolute atomic E-state index is 0. The standard InChI is InChI=1S/C15H19ClN4O.HI/c1-2-17-15(19-11-14-7-9-21-20-14)18-8-6-12-4-3-5-13(16)10-12;/h3-5,7,9-10H,2,6,8,11H2,1H3,(H2,17,18,19);1H. The van der Waals surface area contributed by atoms with E-state index in [4.69, 9.17) is 16.1 Å². The molecule has 22 heavy (non-hydrogen) atoms. The van der Waals surface area contributed by atoms with Crippen LogP contribution in [0.5, 0.6) is 0 Å². The van der Waals surface area contributed by atoms with Crippen molar-refractivity contribution in [2.24, 2.45) is 4.99 Å². The molecule has 0 atom stereocenters. The first kappa shape index (κ1) is 18.8. The van der Waals surface area contributed by atoms with Crippen LogP contribution in [0.2, 0.25) is 5.02 Å². The number of rotatable bonds is 6. The van der Waals surface area contributed by atoms with Crippen LogP contribution in [-0.2, 0) is 13.0 Å². The van der Waals surface area contributed by atoms with Crippen LogP contribution in [0.4, 0.5) is 0 Å². The molecule has 0 saturated carbocycles. The summed E-state index contributed by atoms with van der Waals surface area (Å²) in [7, 11) is 0. The summed E-state index contributed by atoms with van der Waals surface area (Å²) in [5.74, 6) is 0.766. The number of benzene rings is 1. The predicted octanol–water partition coefficient (Wildman–Crippen LogP) is 3.24. The zero-order valence-electron chi connectivity index (χ0n) is 12.4. The SMILES string of the molecule is CCNC(=NCc1ccon1)NCCc1cccc(Cl)c1.I. The lowest BCUT2D eigenvalue weighted by atomic mass is 10.1. The highest BCUT2D eigenvalue weighted by atomic mass is 127. The van der Waals surface area contributed by atoms with Gasteiger partial charge in [0, 0.05) is 24.2 Å². The topological polar surface area (TPSA) is 62.5 Å². The van der Waals surface area contributed by atoms with E-state index >= 15 is 0 Å². The molecule has 0 spiro atoms. The van der Waals surface area contributed by atoms with Gasteiger partial charge in [0.1, 0.15) is 12.0 Å². The lowest BCUT2D eigenvalue weighted by Gasteiger charge is -2.11. The van der Waals surface area contributed by atoms with Gasteiger partial charge < -0.3 is 15.2 Å². The minimum Gasteiger partial charge on any atom is -0.364 e. The number of guanidine groups is 1. The van der Waals surface area contributed by atoms with Crippen LogP contribution in [0.15, 0.2) is 46.1 Å². The molecule has 0 saturated heterocycles. The van der Waals surface area contributed by atoms with E-state index in [0.29, 0.717) is 6.54 Å². The van der Waals surface area contributed by atoms with Gasteiger partial charge in [-0.25, -0.2) is 4.99 Å². The summed E-state index contributed by atoms with van der Waals surface area (Å²) in [4.78, 5) is 4.45. The van der Waals surface area contributed by atoms with Gasteiger partial charge in [0.25, 0.3) is 0 Å². The second-order valence-electron chi connectivity index (χ2n) is 4.49. The molecular weight excluding hydrogens is 415 g/mol. The summed E-state index contributed by atoms with van der Waals surface area (Å²) >= 11 is 5.97. The lowest BCUT2D eigenvalue weighted by Crippen LogP contribution is -2.38. The molecule has 0 aliphatic heterocycles. The number of nitrogens with one attached hydrogen (secondary N) is 2. The van der Waals surface area contributed by atoms with E-state index in [0.717, 1.165) is 36.2 Å². The zero-order valence-corrected chi connectivity index (χ0v) is 15.5. The number of nitrogens with zero attached hydrogens (tertiary/aromatic N) is 2. The lowest BCUT2D eigenvalue weighted by molar-refractivity contribution is 0.412. The fraction of sp³-hybridized carbons (Fsp3) is 0.333. The molecule has 1 aromatic heterocycles. The quantitative estimate of drug-likeness (QED) is 0.416. The fourth-order valence-corrected chi connectivity index (χ4v) is 2.05. The molecule has 7 heteroatoms. The Morgan fingerprint density at radius 3 is 2.86 bits per heavy atom. The summed E-state index contributed by atoms with van der Waals surface area (Å²) in [6.07, 6.45) is 2.43. The van der Waals surface area contributed by atoms with E-state index in [1.807, 2.05) is 25.1 Å². The van der Waals surface area contributed by atoms with Crippen molar-refractivity contribution in [3.05, 3.63) is 52.9 Å². The Hall–Kier alpha value is -1.28. The van der Waals surface area contributed by atoms with Crippen LogP contribution < -0.4 is 10.6 Å². The Labute approximate surface area is 152 Å². The minimum atomic E-state index is 0. The van der Waals surface area contributed by atoms with Crippen LogP contribution in [0.1, 0.15) is 18.2 Å². The molecule has 5 nitrogen and oxygen atoms in total. The van der Waals surface area contributed by atoms with Crippen molar-refractivity contribution in [3.8, 4) is 0 Å². The summed E-state index contributed by atoms with van der Waals surface area (Å²) < 4.78 is 4.78.